The first kappa shape index (κ1) is 13.6. The second-order valence-corrected chi connectivity index (χ2v) is 4.08. The van der Waals surface area contributed by atoms with E-state index in [1.807, 2.05) is 6.92 Å². The largest absolute Gasteiger partial charge is 0.497 e. The van der Waals surface area contributed by atoms with E-state index in [0.29, 0.717) is 29.1 Å². The van der Waals surface area contributed by atoms with Gasteiger partial charge in [-0.1, -0.05) is 13.0 Å². The predicted molar refractivity (Wildman–Crippen MR) is 70.1 cm³/mol. The lowest BCUT2D eigenvalue weighted by Crippen LogP contribution is -2.31. The van der Waals surface area contributed by atoms with E-state index in [-0.39, 0.29) is 5.89 Å². The van der Waals surface area contributed by atoms with Crippen LogP contribution >= 0.6 is 0 Å². The molecule has 1 aromatic carbocycles. The van der Waals surface area contributed by atoms with Gasteiger partial charge in [-0.05, 0) is 24.0 Å². The van der Waals surface area contributed by atoms with Crippen molar-refractivity contribution in [3.63, 3.8) is 0 Å². The van der Waals surface area contributed by atoms with Gasteiger partial charge in [-0.25, -0.2) is 0 Å². The highest BCUT2D eigenvalue weighted by Crippen LogP contribution is 2.21. The lowest BCUT2D eigenvalue weighted by atomic mass is 9.77. The molecule has 7 heteroatoms. The molecule has 0 saturated heterocycles. The minimum atomic E-state index is -1.61. The molecule has 0 aliphatic heterocycles. The first-order valence-electron chi connectivity index (χ1n) is 6.02. The smallest absolute Gasteiger partial charge is 0.489 e. The average Bonchev–Trinajstić information content (AvgIpc) is 2.87. The Labute approximate surface area is 111 Å². The summed E-state index contributed by atoms with van der Waals surface area (Å²) in [6.45, 7) is 2.01. The van der Waals surface area contributed by atoms with Gasteiger partial charge in [-0.15, -0.1) is 10.2 Å². The molecule has 2 aromatic rings. The normalized spacial score (nSPS) is 10.5. The maximum absolute atomic E-state index is 9.36. The molecule has 19 heavy (non-hydrogen) atoms. The lowest BCUT2D eigenvalue weighted by Gasteiger charge is -2.07. The number of hydrogen-bond donors (Lipinski definition) is 2. The van der Waals surface area contributed by atoms with Crippen LogP contribution in [0.4, 0.5) is 0 Å². The summed E-state index contributed by atoms with van der Waals surface area (Å²) in [5.41, 5.74) is 0.761. The molecule has 0 amide bonds. The zero-order chi connectivity index (χ0) is 13.8. The van der Waals surface area contributed by atoms with Crippen LogP contribution in [0.5, 0.6) is 5.75 Å². The van der Waals surface area contributed by atoms with Gasteiger partial charge in [0, 0.05) is 12.0 Å². The molecule has 0 bridgehead atoms. The van der Waals surface area contributed by atoms with Gasteiger partial charge in [0.2, 0.25) is 11.8 Å². The molecule has 0 aliphatic carbocycles. The van der Waals surface area contributed by atoms with Crippen molar-refractivity contribution >= 4 is 12.6 Å². The van der Waals surface area contributed by atoms with E-state index >= 15 is 0 Å². The number of methoxy groups -OCH3 is 1. The monoisotopic (exact) mass is 262 g/mol. The summed E-state index contributed by atoms with van der Waals surface area (Å²) in [7, 11) is -0.0766. The SMILES string of the molecule is CCCc1nnc(-c2cc(OC)ccc2B(O)O)o1. The number of rotatable bonds is 5. The predicted octanol–water partition coefficient (Wildman–Crippen LogP) is 0.378. The van der Waals surface area contributed by atoms with Crippen molar-refractivity contribution < 1.29 is 19.2 Å². The van der Waals surface area contributed by atoms with Gasteiger partial charge < -0.3 is 19.2 Å². The van der Waals surface area contributed by atoms with E-state index in [4.69, 9.17) is 9.15 Å². The number of nitrogens with zero attached hydrogens (tertiary/aromatic N) is 2. The number of ether oxygens (including phenoxy) is 1. The zero-order valence-electron chi connectivity index (χ0n) is 10.8. The van der Waals surface area contributed by atoms with Gasteiger partial charge in [0.15, 0.2) is 0 Å². The Bertz CT molecular complexity index is 556. The van der Waals surface area contributed by atoms with Gasteiger partial charge in [0.05, 0.1) is 7.11 Å². The molecule has 2 rings (SSSR count). The van der Waals surface area contributed by atoms with Gasteiger partial charge in [-0.3, -0.25) is 0 Å². The third-order valence-electron chi connectivity index (χ3n) is 2.70. The highest BCUT2D eigenvalue weighted by molar-refractivity contribution is 6.60. The summed E-state index contributed by atoms with van der Waals surface area (Å²) < 4.78 is 10.6. The molecular formula is C12H15BN2O4. The first-order valence-corrected chi connectivity index (χ1v) is 6.02. The van der Waals surface area contributed by atoms with Gasteiger partial charge >= 0.3 is 7.12 Å². The quantitative estimate of drug-likeness (QED) is 0.757. The Morgan fingerprint density at radius 2 is 2.11 bits per heavy atom. The topological polar surface area (TPSA) is 88.6 Å². The molecule has 0 saturated carbocycles. The fourth-order valence-electron chi connectivity index (χ4n) is 1.75. The molecule has 1 aromatic heterocycles. The van der Waals surface area contributed by atoms with E-state index in [9.17, 15) is 10.0 Å². The van der Waals surface area contributed by atoms with Crippen LogP contribution in [0.25, 0.3) is 11.5 Å². The summed E-state index contributed by atoms with van der Waals surface area (Å²) in [4.78, 5) is 0. The van der Waals surface area contributed by atoms with E-state index < -0.39 is 7.12 Å². The molecule has 0 atom stereocenters. The molecule has 2 N–H and O–H groups in total. The Balaban J connectivity index is 2.45. The maximum atomic E-state index is 9.36. The fraction of sp³-hybridized carbons (Fsp3) is 0.333. The molecule has 0 unspecified atom stereocenters. The molecule has 0 fully saturated rings. The summed E-state index contributed by atoms with van der Waals surface area (Å²) in [6.07, 6.45) is 1.59. The van der Waals surface area contributed by atoms with Gasteiger partial charge in [0.1, 0.15) is 5.75 Å². The first-order chi connectivity index (χ1) is 9.15. The second-order valence-electron chi connectivity index (χ2n) is 4.08. The van der Waals surface area contributed by atoms with Crippen molar-refractivity contribution in [3.8, 4) is 17.2 Å². The Kier molecular flexibility index (Phi) is 4.18. The highest BCUT2D eigenvalue weighted by Gasteiger charge is 2.21. The molecule has 0 radical (unpaired) electrons. The summed E-state index contributed by atoms with van der Waals surface area (Å²) >= 11 is 0. The van der Waals surface area contributed by atoms with E-state index in [0.717, 1.165) is 6.42 Å². The van der Waals surface area contributed by atoms with Crippen LogP contribution in [0.1, 0.15) is 19.2 Å². The van der Waals surface area contributed by atoms with E-state index in [2.05, 4.69) is 10.2 Å². The van der Waals surface area contributed by atoms with Crippen LogP contribution in [-0.2, 0) is 6.42 Å². The number of aryl methyl sites for hydroxylation is 1. The van der Waals surface area contributed by atoms with Crippen LogP contribution < -0.4 is 10.2 Å². The standard InChI is InChI=1S/C12H15BN2O4/c1-3-4-11-14-15-12(19-11)9-7-8(18-2)5-6-10(9)13(16)17/h5-7,16-17H,3-4H2,1-2H3. The Morgan fingerprint density at radius 3 is 2.74 bits per heavy atom. The Hall–Kier alpha value is -1.86. The highest BCUT2D eigenvalue weighted by atomic mass is 16.5. The van der Waals surface area contributed by atoms with E-state index in [1.165, 1.54) is 7.11 Å². The molecule has 0 aliphatic rings. The lowest BCUT2D eigenvalue weighted by molar-refractivity contribution is 0.414. The molecular weight excluding hydrogens is 247 g/mol. The van der Waals surface area contributed by atoms with Crippen LogP contribution in [0.15, 0.2) is 22.6 Å². The fourth-order valence-corrected chi connectivity index (χ4v) is 1.75. The minimum Gasteiger partial charge on any atom is -0.497 e. The molecule has 100 valence electrons. The van der Waals surface area contributed by atoms with Crippen LogP contribution in [0.3, 0.4) is 0 Å². The minimum absolute atomic E-state index is 0.255. The maximum Gasteiger partial charge on any atom is 0.489 e. The van der Waals surface area contributed by atoms with Crippen LogP contribution in [0.2, 0.25) is 0 Å². The number of aromatic nitrogens is 2. The summed E-state index contributed by atoms with van der Waals surface area (Å²) in [6, 6.07) is 4.84. The number of benzene rings is 1. The van der Waals surface area contributed by atoms with E-state index in [1.54, 1.807) is 18.2 Å². The summed E-state index contributed by atoms with van der Waals surface area (Å²) in [5, 5.41) is 26.6. The third-order valence-corrected chi connectivity index (χ3v) is 2.70. The second kappa shape index (κ2) is 5.86. The van der Waals surface area contributed by atoms with Gasteiger partial charge in [0.25, 0.3) is 0 Å². The number of hydrogen-bond acceptors (Lipinski definition) is 6. The van der Waals surface area contributed by atoms with Crippen molar-refractivity contribution in [2.24, 2.45) is 0 Å². The van der Waals surface area contributed by atoms with Crippen molar-refractivity contribution in [1.82, 2.24) is 10.2 Å². The van der Waals surface area contributed by atoms with Crippen LogP contribution in [0, 0.1) is 0 Å². The summed E-state index contributed by atoms with van der Waals surface area (Å²) in [5.74, 6) is 1.36. The molecule has 1 heterocycles. The van der Waals surface area contributed by atoms with Crippen molar-refractivity contribution in [1.29, 1.82) is 0 Å². The molecule has 6 nitrogen and oxygen atoms in total. The van der Waals surface area contributed by atoms with Crippen molar-refractivity contribution in [2.75, 3.05) is 7.11 Å². The zero-order valence-corrected chi connectivity index (χ0v) is 10.8. The van der Waals surface area contributed by atoms with Crippen LogP contribution in [-0.4, -0.2) is 34.5 Å². The van der Waals surface area contributed by atoms with Crippen molar-refractivity contribution in [2.45, 2.75) is 19.8 Å². The molecule has 0 spiro atoms. The third kappa shape index (κ3) is 2.94. The van der Waals surface area contributed by atoms with Crippen molar-refractivity contribution in [3.05, 3.63) is 24.1 Å². The average molecular weight is 262 g/mol. The Morgan fingerprint density at radius 1 is 1.32 bits per heavy atom. The van der Waals surface area contributed by atoms with Gasteiger partial charge in [-0.2, -0.15) is 0 Å².